The summed E-state index contributed by atoms with van der Waals surface area (Å²) >= 11 is 0. The van der Waals surface area contributed by atoms with Crippen molar-refractivity contribution in [2.75, 3.05) is 6.54 Å². The number of pyridine rings is 1. The first kappa shape index (κ1) is 18.0. The number of hydrogen-bond acceptors (Lipinski definition) is 3. The summed E-state index contributed by atoms with van der Waals surface area (Å²) in [6.07, 6.45) is 1.83. The van der Waals surface area contributed by atoms with Gasteiger partial charge < -0.3 is 9.73 Å². The smallest absolute Gasteiger partial charge is 0.252 e. The van der Waals surface area contributed by atoms with Gasteiger partial charge in [-0.15, -0.1) is 0 Å². The number of carbonyl (C=O) groups is 1. The molecule has 0 aliphatic carbocycles. The molecule has 4 aromatic rings. The van der Waals surface area contributed by atoms with Crippen LogP contribution in [-0.4, -0.2) is 17.4 Å². The van der Waals surface area contributed by atoms with Gasteiger partial charge in [0.2, 0.25) is 0 Å². The second-order valence-corrected chi connectivity index (χ2v) is 6.83. The lowest BCUT2D eigenvalue weighted by atomic mass is 10.1. The molecule has 4 rings (SSSR count). The molecule has 0 atom stereocenters. The van der Waals surface area contributed by atoms with Crippen molar-refractivity contribution < 1.29 is 9.21 Å². The van der Waals surface area contributed by atoms with Crippen LogP contribution in [0.15, 0.2) is 77.2 Å². The third kappa shape index (κ3) is 3.96. The van der Waals surface area contributed by atoms with Crippen molar-refractivity contribution in [3.05, 3.63) is 89.7 Å². The SMILES string of the molecule is Cc1ccc(-c2cc(C(=O)NCCCc3ccccc3)c3ccccc3n2)o1. The van der Waals surface area contributed by atoms with Crippen LogP contribution in [0, 0.1) is 6.92 Å². The minimum absolute atomic E-state index is 0.0869. The van der Waals surface area contributed by atoms with Gasteiger partial charge in [-0.05, 0) is 49.6 Å². The van der Waals surface area contributed by atoms with Gasteiger partial charge in [0, 0.05) is 11.9 Å². The highest BCUT2D eigenvalue weighted by Gasteiger charge is 2.15. The molecule has 0 unspecified atom stereocenters. The summed E-state index contributed by atoms with van der Waals surface area (Å²) in [7, 11) is 0. The lowest BCUT2D eigenvalue weighted by Crippen LogP contribution is -2.25. The van der Waals surface area contributed by atoms with Gasteiger partial charge in [-0.1, -0.05) is 48.5 Å². The Hall–Kier alpha value is -3.40. The van der Waals surface area contributed by atoms with E-state index in [1.165, 1.54) is 5.56 Å². The first-order valence-electron chi connectivity index (χ1n) is 9.49. The Balaban J connectivity index is 1.53. The Morgan fingerprint density at radius 2 is 1.79 bits per heavy atom. The van der Waals surface area contributed by atoms with Crippen LogP contribution in [0.5, 0.6) is 0 Å². The zero-order valence-electron chi connectivity index (χ0n) is 15.8. The van der Waals surface area contributed by atoms with E-state index in [1.54, 1.807) is 0 Å². The van der Waals surface area contributed by atoms with Crippen LogP contribution in [0.3, 0.4) is 0 Å². The van der Waals surface area contributed by atoms with Gasteiger partial charge in [0.15, 0.2) is 5.76 Å². The minimum atomic E-state index is -0.0869. The van der Waals surface area contributed by atoms with Gasteiger partial charge in [0.1, 0.15) is 11.5 Å². The molecule has 0 fully saturated rings. The summed E-state index contributed by atoms with van der Waals surface area (Å²) in [5.74, 6) is 1.40. The van der Waals surface area contributed by atoms with Gasteiger partial charge in [-0.3, -0.25) is 4.79 Å². The topological polar surface area (TPSA) is 55.1 Å². The van der Waals surface area contributed by atoms with Crippen LogP contribution < -0.4 is 5.32 Å². The van der Waals surface area contributed by atoms with Crippen LogP contribution in [0.2, 0.25) is 0 Å². The number of aryl methyl sites for hydroxylation is 2. The Morgan fingerprint density at radius 3 is 2.57 bits per heavy atom. The van der Waals surface area contributed by atoms with E-state index in [-0.39, 0.29) is 5.91 Å². The number of benzene rings is 2. The molecule has 140 valence electrons. The number of hydrogen-bond donors (Lipinski definition) is 1. The lowest BCUT2D eigenvalue weighted by Gasteiger charge is -2.10. The molecule has 4 nitrogen and oxygen atoms in total. The standard InChI is InChI=1S/C24H22N2O2/c1-17-13-14-23(28-17)22-16-20(19-11-5-6-12-21(19)26-22)24(27)25-15-7-10-18-8-3-2-4-9-18/h2-6,8-9,11-14,16H,7,10,15H2,1H3,(H,25,27). The Morgan fingerprint density at radius 1 is 1.00 bits per heavy atom. The van der Waals surface area contributed by atoms with E-state index in [2.05, 4.69) is 22.4 Å². The molecule has 1 amide bonds. The maximum absolute atomic E-state index is 12.9. The normalized spacial score (nSPS) is 10.9. The van der Waals surface area contributed by atoms with Gasteiger partial charge >= 0.3 is 0 Å². The molecular formula is C24H22N2O2. The molecule has 4 heteroatoms. The molecule has 0 aliphatic rings. The Kier molecular flexibility index (Phi) is 5.20. The largest absolute Gasteiger partial charge is 0.460 e. The summed E-state index contributed by atoms with van der Waals surface area (Å²) < 4.78 is 5.71. The van der Waals surface area contributed by atoms with Gasteiger partial charge in [0.05, 0.1) is 11.1 Å². The molecule has 0 saturated carbocycles. The van der Waals surface area contributed by atoms with Crippen LogP contribution in [0.4, 0.5) is 0 Å². The van der Waals surface area contributed by atoms with Crippen molar-refractivity contribution in [3.8, 4) is 11.5 Å². The molecule has 0 spiro atoms. The Labute approximate surface area is 164 Å². The van der Waals surface area contributed by atoms with Gasteiger partial charge in [-0.25, -0.2) is 4.98 Å². The number of amides is 1. The molecule has 2 heterocycles. The summed E-state index contributed by atoms with van der Waals surface area (Å²) in [5.41, 5.74) is 3.35. The second kappa shape index (κ2) is 8.09. The monoisotopic (exact) mass is 370 g/mol. The predicted molar refractivity (Wildman–Crippen MR) is 111 cm³/mol. The molecule has 0 radical (unpaired) electrons. The minimum Gasteiger partial charge on any atom is -0.460 e. The average molecular weight is 370 g/mol. The van der Waals surface area contributed by atoms with E-state index in [4.69, 9.17) is 4.42 Å². The molecule has 2 aromatic heterocycles. The number of para-hydroxylation sites is 1. The first-order chi connectivity index (χ1) is 13.7. The van der Waals surface area contributed by atoms with Crippen molar-refractivity contribution in [2.24, 2.45) is 0 Å². The molecule has 0 saturated heterocycles. The van der Waals surface area contributed by atoms with E-state index in [0.29, 0.717) is 23.6 Å². The maximum atomic E-state index is 12.9. The summed E-state index contributed by atoms with van der Waals surface area (Å²) in [6.45, 7) is 2.52. The summed E-state index contributed by atoms with van der Waals surface area (Å²) in [6, 6.07) is 23.6. The van der Waals surface area contributed by atoms with Crippen molar-refractivity contribution in [2.45, 2.75) is 19.8 Å². The van der Waals surface area contributed by atoms with Crippen LogP contribution in [0.25, 0.3) is 22.4 Å². The van der Waals surface area contributed by atoms with Crippen molar-refractivity contribution in [1.29, 1.82) is 0 Å². The van der Waals surface area contributed by atoms with Crippen molar-refractivity contribution >= 4 is 16.8 Å². The van der Waals surface area contributed by atoms with E-state index in [0.717, 1.165) is 29.5 Å². The highest BCUT2D eigenvalue weighted by Crippen LogP contribution is 2.26. The van der Waals surface area contributed by atoms with E-state index >= 15 is 0 Å². The van der Waals surface area contributed by atoms with Crippen LogP contribution >= 0.6 is 0 Å². The van der Waals surface area contributed by atoms with E-state index in [1.807, 2.05) is 67.6 Å². The number of rotatable bonds is 6. The number of nitrogens with zero attached hydrogens (tertiary/aromatic N) is 1. The van der Waals surface area contributed by atoms with Crippen LogP contribution in [-0.2, 0) is 6.42 Å². The molecule has 1 N–H and O–H groups in total. The number of aromatic nitrogens is 1. The van der Waals surface area contributed by atoms with Crippen molar-refractivity contribution in [1.82, 2.24) is 10.3 Å². The maximum Gasteiger partial charge on any atom is 0.252 e. The van der Waals surface area contributed by atoms with Gasteiger partial charge in [-0.2, -0.15) is 0 Å². The highest BCUT2D eigenvalue weighted by atomic mass is 16.3. The predicted octanol–water partition coefficient (Wildman–Crippen LogP) is 5.17. The summed E-state index contributed by atoms with van der Waals surface area (Å²) in [4.78, 5) is 17.6. The molecule has 28 heavy (non-hydrogen) atoms. The number of nitrogens with one attached hydrogen (secondary N) is 1. The zero-order valence-corrected chi connectivity index (χ0v) is 15.8. The third-order valence-electron chi connectivity index (χ3n) is 4.72. The summed E-state index contributed by atoms with van der Waals surface area (Å²) in [5, 5.41) is 3.89. The highest BCUT2D eigenvalue weighted by molar-refractivity contribution is 6.07. The quantitative estimate of drug-likeness (QED) is 0.477. The lowest BCUT2D eigenvalue weighted by molar-refractivity contribution is 0.0955. The fourth-order valence-electron chi connectivity index (χ4n) is 3.30. The van der Waals surface area contributed by atoms with Gasteiger partial charge in [0.25, 0.3) is 5.91 Å². The molecule has 0 aliphatic heterocycles. The fourth-order valence-corrected chi connectivity index (χ4v) is 3.30. The third-order valence-corrected chi connectivity index (χ3v) is 4.72. The average Bonchev–Trinajstić information content (AvgIpc) is 3.17. The molecular weight excluding hydrogens is 348 g/mol. The number of furan rings is 1. The molecule has 2 aromatic carbocycles. The van der Waals surface area contributed by atoms with E-state index < -0.39 is 0 Å². The number of carbonyl (C=O) groups excluding carboxylic acids is 1. The zero-order chi connectivity index (χ0) is 19.3. The van der Waals surface area contributed by atoms with Crippen LogP contribution in [0.1, 0.15) is 28.1 Å². The number of fused-ring (bicyclic) bond motifs is 1. The first-order valence-corrected chi connectivity index (χ1v) is 9.49. The second-order valence-electron chi connectivity index (χ2n) is 6.83. The fraction of sp³-hybridized carbons (Fsp3) is 0.167. The van der Waals surface area contributed by atoms with E-state index in [9.17, 15) is 4.79 Å². The van der Waals surface area contributed by atoms with Crippen molar-refractivity contribution in [3.63, 3.8) is 0 Å². The molecule has 0 bridgehead atoms. The Bertz CT molecular complexity index is 1100.